The van der Waals surface area contributed by atoms with Gasteiger partial charge in [-0.2, -0.15) is 4.98 Å². The van der Waals surface area contributed by atoms with Gasteiger partial charge in [-0.3, -0.25) is 0 Å². The SMILES string of the molecule is Cc1cc(Nc2n[nH]c(N)n2)ccc1Br. The molecule has 6 heteroatoms. The van der Waals surface area contributed by atoms with Crippen LogP contribution >= 0.6 is 15.9 Å². The van der Waals surface area contributed by atoms with E-state index in [-0.39, 0.29) is 0 Å². The molecular formula is C9H10BrN5. The number of nitrogens with one attached hydrogen (secondary N) is 2. The highest BCUT2D eigenvalue weighted by Crippen LogP contribution is 2.21. The second kappa shape index (κ2) is 3.90. The third-order valence-corrected chi connectivity index (χ3v) is 2.81. The highest BCUT2D eigenvalue weighted by molar-refractivity contribution is 9.10. The molecule has 0 spiro atoms. The molecule has 0 unspecified atom stereocenters. The highest BCUT2D eigenvalue weighted by atomic mass is 79.9. The molecule has 4 N–H and O–H groups in total. The van der Waals surface area contributed by atoms with Crippen molar-refractivity contribution in [2.45, 2.75) is 6.92 Å². The number of rotatable bonds is 2. The van der Waals surface area contributed by atoms with Gasteiger partial charge in [0.2, 0.25) is 11.9 Å². The van der Waals surface area contributed by atoms with Crippen molar-refractivity contribution >= 4 is 33.5 Å². The van der Waals surface area contributed by atoms with E-state index in [2.05, 4.69) is 36.4 Å². The summed E-state index contributed by atoms with van der Waals surface area (Å²) in [5, 5.41) is 9.48. The third kappa shape index (κ3) is 2.27. The number of anilines is 3. The van der Waals surface area contributed by atoms with Crippen LogP contribution in [0, 0.1) is 6.92 Å². The summed E-state index contributed by atoms with van der Waals surface area (Å²) in [7, 11) is 0. The van der Waals surface area contributed by atoms with Gasteiger partial charge in [0.05, 0.1) is 0 Å². The van der Waals surface area contributed by atoms with Crippen molar-refractivity contribution in [2.75, 3.05) is 11.1 Å². The smallest absolute Gasteiger partial charge is 0.248 e. The molecule has 78 valence electrons. The summed E-state index contributed by atoms with van der Waals surface area (Å²) in [4.78, 5) is 3.95. The Kier molecular flexibility index (Phi) is 2.59. The molecule has 0 aliphatic rings. The Labute approximate surface area is 95.2 Å². The lowest BCUT2D eigenvalue weighted by molar-refractivity contribution is 1.10. The van der Waals surface area contributed by atoms with E-state index in [0.29, 0.717) is 11.9 Å². The Hall–Kier alpha value is -1.56. The highest BCUT2D eigenvalue weighted by Gasteiger charge is 2.01. The van der Waals surface area contributed by atoms with Crippen LogP contribution in [0.25, 0.3) is 0 Å². The van der Waals surface area contributed by atoms with Gasteiger partial charge in [0.25, 0.3) is 0 Å². The lowest BCUT2D eigenvalue weighted by Crippen LogP contribution is -1.93. The van der Waals surface area contributed by atoms with Crippen LogP contribution in [0.3, 0.4) is 0 Å². The van der Waals surface area contributed by atoms with E-state index in [4.69, 9.17) is 5.73 Å². The van der Waals surface area contributed by atoms with Crippen molar-refractivity contribution in [1.29, 1.82) is 0 Å². The van der Waals surface area contributed by atoms with Gasteiger partial charge in [0.15, 0.2) is 0 Å². The summed E-state index contributed by atoms with van der Waals surface area (Å²) in [5.41, 5.74) is 7.48. The molecule has 0 saturated heterocycles. The molecule has 0 atom stereocenters. The molecule has 1 aromatic carbocycles. The van der Waals surface area contributed by atoms with E-state index in [1.54, 1.807) is 0 Å². The molecule has 1 heterocycles. The van der Waals surface area contributed by atoms with E-state index >= 15 is 0 Å². The Balaban J connectivity index is 2.21. The molecule has 0 fully saturated rings. The fourth-order valence-corrected chi connectivity index (χ4v) is 1.43. The number of hydrogen-bond acceptors (Lipinski definition) is 4. The second-order valence-electron chi connectivity index (χ2n) is 3.13. The summed E-state index contributed by atoms with van der Waals surface area (Å²) in [6.45, 7) is 2.02. The predicted octanol–water partition coefficient (Wildman–Crippen LogP) is 2.20. The number of nitrogens with zero attached hydrogens (tertiary/aromatic N) is 2. The Morgan fingerprint density at radius 2 is 2.27 bits per heavy atom. The maximum Gasteiger partial charge on any atom is 0.248 e. The average molecular weight is 268 g/mol. The lowest BCUT2D eigenvalue weighted by atomic mass is 10.2. The predicted molar refractivity (Wildman–Crippen MR) is 63.0 cm³/mol. The van der Waals surface area contributed by atoms with Crippen LogP contribution < -0.4 is 11.1 Å². The molecule has 2 rings (SSSR count). The molecule has 15 heavy (non-hydrogen) atoms. The topological polar surface area (TPSA) is 79.6 Å². The number of aromatic amines is 1. The number of nitrogen functional groups attached to an aromatic ring is 1. The molecule has 0 aliphatic carbocycles. The van der Waals surface area contributed by atoms with Gasteiger partial charge in [0.1, 0.15) is 0 Å². The van der Waals surface area contributed by atoms with Crippen LogP contribution in [0.5, 0.6) is 0 Å². The number of hydrogen-bond donors (Lipinski definition) is 3. The first-order chi connectivity index (χ1) is 7.15. The maximum absolute atomic E-state index is 5.41. The summed E-state index contributed by atoms with van der Waals surface area (Å²) in [6.07, 6.45) is 0. The average Bonchev–Trinajstić information content (AvgIpc) is 2.58. The molecule has 0 aliphatic heterocycles. The first-order valence-corrected chi connectivity index (χ1v) is 5.15. The molecule has 1 aromatic heterocycles. The zero-order valence-electron chi connectivity index (χ0n) is 8.08. The maximum atomic E-state index is 5.41. The Morgan fingerprint density at radius 3 is 2.87 bits per heavy atom. The second-order valence-corrected chi connectivity index (χ2v) is 3.99. The van der Waals surface area contributed by atoms with E-state index < -0.39 is 0 Å². The van der Waals surface area contributed by atoms with Crippen molar-refractivity contribution in [3.05, 3.63) is 28.2 Å². The van der Waals surface area contributed by atoms with Crippen LogP contribution in [0.1, 0.15) is 5.56 Å². The van der Waals surface area contributed by atoms with Crippen LogP contribution in [0.15, 0.2) is 22.7 Å². The number of aromatic nitrogens is 3. The van der Waals surface area contributed by atoms with Crippen molar-refractivity contribution in [2.24, 2.45) is 0 Å². The first-order valence-electron chi connectivity index (χ1n) is 4.36. The Bertz CT molecular complexity index is 479. The van der Waals surface area contributed by atoms with Gasteiger partial charge in [-0.1, -0.05) is 15.9 Å². The molecule has 0 bridgehead atoms. The standard InChI is InChI=1S/C9H10BrN5/c1-5-4-6(2-3-7(5)10)12-9-13-8(11)14-15-9/h2-4H,1H3,(H4,11,12,13,14,15). The normalized spacial score (nSPS) is 10.3. The van der Waals surface area contributed by atoms with Crippen LogP contribution in [-0.4, -0.2) is 15.2 Å². The lowest BCUT2D eigenvalue weighted by Gasteiger charge is -2.03. The van der Waals surface area contributed by atoms with Gasteiger partial charge in [-0.05, 0) is 30.7 Å². The minimum absolute atomic E-state index is 0.298. The number of nitrogens with two attached hydrogens (primary N) is 1. The van der Waals surface area contributed by atoms with E-state index in [1.165, 1.54) is 0 Å². The molecule has 5 nitrogen and oxygen atoms in total. The van der Waals surface area contributed by atoms with Crippen molar-refractivity contribution in [3.8, 4) is 0 Å². The van der Waals surface area contributed by atoms with Gasteiger partial charge >= 0.3 is 0 Å². The molecule has 0 amide bonds. The van der Waals surface area contributed by atoms with Crippen molar-refractivity contribution < 1.29 is 0 Å². The Morgan fingerprint density at radius 1 is 1.47 bits per heavy atom. The number of aryl methyl sites for hydroxylation is 1. The van der Waals surface area contributed by atoms with Crippen LogP contribution in [0.4, 0.5) is 17.6 Å². The quantitative estimate of drug-likeness (QED) is 0.780. The summed E-state index contributed by atoms with van der Waals surface area (Å²) < 4.78 is 1.07. The largest absolute Gasteiger partial charge is 0.368 e. The number of halogens is 1. The van der Waals surface area contributed by atoms with Crippen molar-refractivity contribution in [1.82, 2.24) is 15.2 Å². The molecule has 2 aromatic rings. The van der Waals surface area contributed by atoms with E-state index in [0.717, 1.165) is 15.7 Å². The summed E-state index contributed by atoms with van der Waals surface area (Å²) in [6, 6.07) is 5.90. The minimum Gasteiger partial charge on any atom is -0.368 e. The third-order valence-electron chi connectivity index (χ3n) is 1.92. The van der Waals surface area contributed by atoms with Gasteiger partial charge in [0, 0.05) is 10.2 Å². The first kappa shape index (κ1) is 9.97. The fourth-order valence-electron chi connectivity index (χ4n) is 1.18. The number of benzene rings is 1. The zero-order chi connectivity index (χ0) is 10.8. The van der Waals surface area contributed by atoms with E-state index in [9.17, 15) is 0 Å². The molecule has 0 saturated carbocycles. The van der Waals surface area contributed by atoms with Gasteiger partial charge in [-0.15, -0.1) is 5.10 Å². The summed E-state index contributed by atoms with van der Waals surface area (Å²) >= 11 is 3.43. The fraction of sp³-hybridized carbons (Fsp3) is 0.111. The molecule has 0 radical (unpaired) electrons. The van der Waals surface area contributed by atoms with Gasteiger partial charge < -0.3 is 11.1 Å². The zero-order valence-corrected chi connectivity index (χ0v) is 9.67. The summed E-state index contributed by atoms with van der Waals surface area (Å²) in [5.74, 6) is 0.764. The monoisotopic (exact) mass is 267 g/mol. The van der Waals surface area contributed by atoms with Crippen LogP contribution in [0.2, 0.25) is 0 Å². The van der Waals surface area contributed by atoms with Crippen LogP contribution in [-0.2, 0) is 0 Å². The van der Waals surface area contributed by atoms with E-state index in [1.807, 2.05) is 25.1 Å². The van der Waals surface area contributed by atoms with Gasteiger partial charge in [-0.25, -0.2) is 5.10 Å². The molecular weight excluding hydrogens is 258 g/mol. The minimum atomic E-state index is 0.298. The number of H-pyrrole nitrogens is 1. The van der Waals surface area contributed by atoms with Crippen molar-refractivity contribution in [3.63, 3.8) is 0 Å².